The summed E-state index contributed by atoms with van der Waals surface area (Å²) >= 11 is 6.13. The highest BCUT2D eigenvalue weighted by Crippen LogP contribution is 2.50. The molecule has 1 fully saturated rings. The molecule has 23 heavy (non-hydrogen) atoms. The fourth-order valence-electron chi connectivity index (χ4n) is 3.61. The Hall–Kier alpha value is -2.04. The molecule has 4 nitrogen and oxygen atoms in total. The number of hydrogen-bond acceptors (Lipinski definition) is 3. The molecule has 2 aliphatic rings. The summed E-state index contributed by atoms with van der Waals surface area (Å²) in [4.78, 5) is 11.0. The highest BCUT2D eigenvalue weighted by atomic mass is 35.5. The molecular weight excluding hydrogens is 314 g/mol. The highest BCUT2D eigenvalue weighted by Gasteiger charge is 2.41. The molecule has 0 unspecified atom stereocenters. The van der Waals surface area contributed by atoms with Gasteiger partial charge in [0.25, 0.3) is 0 Å². The Kier molecular flexibility index (Phi) is 3.51. The van der Waals surface area contributed by atoms with Crippen LogP contribution >= 0.6 is 11.6 Å². The number of fused-ring (bicyclic) bond motifs is 3. The molecule has 2 aliphatic heterocycles. The van der Waals surface area contributed by atoms with Gasteiger partial charge >= 0.3 is 5.97 Å². The largest absolute Gasteiger partial charge is 0.478 e. The lowest BCUT2D eigenvalue weighted by Gasteiger charge is -2.36. The fourth-order valence-corrected chi connectivity index (χ4v) is 3.79. The molecule has 2 heterocycles. The average molecular weight is 330 g/mol. The van der Waals surface area contributed by atoms with Crippen molar-refractivity contribution in [2.75, 3.05) is 11.9 Å². The maximum atomic E-state index is 11.0. The van der Waals surface area contributed by atoms with Crippen LogP contribution in [-0.4, -0.2) is 17.7 Å². The summed E-state index contributed by atoms with van der Waals surface area (Å²) in [7, 11) is 0. The van der Waals surface area contributed by atoms with Crippen LogP contribution in [0.2, 0.25) is 5.02 Å². The molecule has 4 rings (SSSR count). The normalized spacial score (nSPS) is 25.3. The molecule has 0 radical (unpaired) electrons. The first-order valence-corrected chi connectivity index (χ1v) is 8.02. The summed E-state index contributed by atoms with van der Waals surface area (Å²) in [5, 5.41) is 13.3. The zero-order valence-corrected chi connectivity index (χ0v) is 13.1. The Bertz CT molecular complexity index is 759. The maximum Gasteiger partial charge on any atom is 0.335 e. The van der Waals surface area contributed by atoms with Crippen LogP contribution in [0.1, 0.15) is 40.1 Å². The van der Waals surface area contributed by atoms with Crippen LogP contribution < -0.4 is 5.32 Å². The second-order valence-corrected chi connectivity index (χ2v) is 6.46. The van der Waals surface area contributed by atoms with Gasteiger partial charge in [-0.25, -0.2) is 4.79 Å². The van der Waals surface area contributed by atoms with Crippen LogP contribution in [0.15, 0.2) is 42.5 Å². The number of rotatable bonds is 2. The van der Waals surface area contributed by atoms with E-state index in [1.807, 2.05) is 30.3 Å². The molecule has 5 heteroatoms. The summed E-state index contributed by atoms with van der Waals surface area (Å²) in [6.45, 7) is 0.729. The van der Waals surface area contributed by atoms with Gasteiger partial charge in [0, 0.05) is 28.8 Å². The van der Waals surface area contributed by atoms with Crippen molar-refractivity contribution in [3.8, 4) is 0 Å². The minimum Gasteiger partial charge on any atom is -0.478 e. The number of benzene rings is 2. The zero-order valence-electron chi connectivity index (χ0n) is 12.3. The third kappa shape index (κ3) is 2.48. The monoisotopic (exact) mass is 329 g/mol. The molecule has 118 valence electrons. The second kappa shape index (κ2) is 5.55. The van der Waals surface area contributed by atoms with E-state index in [1.54, 1.807) is 12.1 Å². The Balaban J connectivity index is 1.72. The molecule has 0 spiro atoms. The number of nitrogens with one attached hydrogen (secondary N) is 1. The number of ether oxygens (including phenoxy) is 1. The van der Waals surface area contributed by atoms with E-state index in [2.05, 4.69) is 5.32 Å². The number of carboxylic acids is 1. The van der Waals surface area contributed by atoms with Gasteiger partial charge in [-0.2, -0.15) is 0 Å². The predicted octanol–water partition coefficient (Wildman–Crippen LogP) is 4.28. The van der Waals surface area contributed by atoms with E-state index >= 15 is 0 Å². The lowest BCUT2D eigenvalue weighted by molar-refractivity contribution is 0.0696. The molecule has 2 aromatic carbocycles. The molecule has 1 saturated heterocycles. The van der Waals surface area contributed by atoms with Crippen molar-refractivity contribution in [3.05, 3.63) is 64.2 Å². The van der Waals surface area contributed by atoms with E-state index in [4.69, 9.17) is 21.4 Å². The summed E-state index contributed by atoms with van der Waals surface area (Å²) in [5.41, 5.74) is 3.52. The van der Waals surface area contributed by atoms with Crippen molar-refractivity contribution >= 4 is 23.3 Å². The summed E-state index contributed by atoms with van der Waals surface area (Å²) < 4.78 is 5.96. The Morgan fingerprint density at radius 3 is 2.74 bits per heavy atom. The van der Waals surface area contributed by atoms with E-state index in [1.165, 1.54) is 0 Å². The van der Waals surface area contributed by atoms with Crippen molar-refractivity contribution < 1.29 is 14.6 Å². The Morgan fingerprint density at radius 2 is 2.00 bits per heavy atom. The van der Waals surface area contributed by atoms with Gasteiger partial charge in [-0.1, -0.05) is 23.7 Å². The molecular formula is C18H16ClNO3. The summed E-state index contributed by atoms with van der Waals surface area (Å²) in [6, 6.07) is 13.0. The van der Waals surface area contributed by atoms with E-state index in [9.17, 15) is 4.79 Å². The lowest BCUT2D eigenvalue weighted by atomic mass is 9.81. The van der Waals surface area contributed by atoms with Crippen molar-refractivity contribution in [1.29, 1.82) is 0 Å². The maximum absolute atomic E-state index is 11.0. The van der Waals surface area contributed by atoms with E-state index in [-0.39, 0.29) is 12.1 Å². The fraction of sp³-hybridized carbons (Fsp3) is 0.278. The van der Waals surface area contributed by atoms with Gasteiger partial charge in [-0.15, -0.1) is 0 Å². The Labute approximate surface area is 139 Å². The van der Waals surface area contributed by atoms with Gasteiger partial charge in [-0.3, -0.25) is 0 Å². The number of carboxylic acid groups (broad SMARTS) is 1. The number of carbonyl (C=O) groups is 1. The third-order valence-corrected chi connectivity index (χ3v) is 4.95. The van der Waals surface area contributed by atoms with Crippen molar-refractivity contribution in [2.24, 2.45) is 5.92 Å². The van der Waals surface area contributed by atoms with Crippen LogP contribution in [0.4, 0.5) is 5.69 Å². The number of aromatic carboxylic acids is 1. The van der Waals surface area contributed by atoms with E-state index in [0.717, 1.165) is 29.8 Å². The molecule has 2 N–H and O–H groups in total. The average Bonchev–Trinajstić information content (AvgIpc) is 3.04. The van der Waals surface area contributed by atoms with E-state index in [0.29, 0.717) is 16.5 Å². The third-order valence-electron chi connectivity index (χ3n) is 4.71. The van der Waals surface area contributed by atoms with Crippen LogP contribution in [0.3, 0.4) is 0 Å². The molecule has 0 bridgehead atoms. The van der Waals surface area contributed by atoms with Gasteiger partial charge < -0.3 is 15.2 Å². The molecule has 0 amide bonds. The van der Waals surface area contributed by atoms with Crippen LogP contribution in [0, 0.1) is 5.92 Å². The number of halogens is 1. The second-order valence-electron chi connectivity index (χ2n) is 6.02. The van der Waals surface area contributed by atoms with Crippen molar-refractivity contribution in [2.45, 2.75) is 18.6 Å². The van der Waals surface area contributed by atoms with Crippen LogP contribution in [0.5, 0.6) is 0 Å². The quantitative estimate of drug-likeness (QED) is 0.863. The summed E-state index contributed by atoms with van der Waals surface area (Å²) in [6.07, 6.45) is 1.00. The van der Waals surface area contributed by atoms with Gasteiger partial charge in [0.2, 0.25) is 0 Å². The Morgan fingerprint density at radius 1 is 1.22 bits per heavy atom. The standard InChI is InChI=1S/C18H16ClNO3/c19-12-5-6-15-14(9-12)17-13(7-8-23-17)16(20-15)10-1-3-11(4-2-10)18(21)22/h1-6,9,13,16-17,20H,7-8H2,(H,21,22)/t13-,16+,17-/m0/s1. The first-order valence-electron chi connectivity index (χ1n) is 7.64. The first kappa shape index (κ1) is 14.5. The highest BCUT2D eigenvalue weighted by molar-refractivity contribution is 6.30. The van der Waals surface area contributed by atoms with Gasteiger partial charge in [-0.05, 0) is 42.3 Å². The minimum absolute atomic E-state index is 0.0362. The minimum atomic E-state index is -0.907. The van der Waals surface area contributed by atoms with Crippen LogP contribution in [0.25, 0.3) is 0 Å². The van der Waals surface area contributed by atoms with Gasteiger partial charge in [0.15, 0.2) is 0 Å². The van der Waals surface area contributed by atoms with E-state index < -0.39 is 5.97 Å². The lowest BCUT2D eigenvalue weighted by Crippen LogP contribution is -2.29. The van der Waals surface area contributed by atoms with Crippen molar-refractivity contribution in [3.63, 3.8) is 0 Å². The molecule has 2 aromatic rings. The molecule has 0 aliphatic carbocycles. The smallest absolute Gasteiger partial charge is 0.335 e. The van der Waals surface area contributed by atoms with Gasteiger partial charge in [0.05, 0.1) is 17.7 Å². The summed E-state index contributed by atoms with van der Waals surface area (Å²) in [5.74, 6) is -0.591. The number of anilines is 1. The predicted molar refractivity (Wildman–Crippen MR) is 88.0 cm³/mol. The molecule has 0 saturated carbocycles. The molecule has 3 atom stereocenters. The molecule has 0 aromatic heterocycles. The van der Waals surface area contributed by atoms with Crippen molar-refractivity contribution in [1.82, 2.24) is 0 Å². The SMILES string of the molecule is O=C(O)c1ccc([C@H]2Nc3ccc(Cl)cc3[C@H]3OCC[C@@H]23)cc1. The topological polar surface area (TPSA) is 58.6 Å². The zero-order chi connectivity index (χ0) is 16.0. The van der Waals surface area contributed by atoms with Crippen LogP contribution in [-0.2, 0) is 4.74 Å². The van der Waals surface area contributed by atoms with Gasteiger partial charge in [0.1, 0.15) is 0 Å². The first-order chi connectivity index (χ1) is 11.1. The number of hydrogen-bond donors (Lipinski definition) is 2.